The van der Waals surface area contributed by atoms with E-state index in [1.165, 1.54) is 27.6 Å². The number of thioether (sulfide) groups is 1. The number of amides is 3. The number of rotatable bonds is 6. The highest BCUT2D eigenvalue weighted by atomic mass is 32.2. The van der Waals surface area contributed by atoms with E-state index in [0.29, 0.717) is 0 Å². The van der Waals surface area contributed by atoms with Crippen LogP contribution in [0.15, 0.2) is 42.2 Å². The highest BCUT2D eigenvalue weighted by Crippen LogP contribution is 2.51. The monoisotopic (exact) mass is 487 g/mol. The highest BCUT2D eigenvalue weighted by Gasteiger charge is 2.65. The zero-order valence-electron chi connectivity index (χ0n) is 18.7. The van der Waals surface area contributed by atoms with Crippen molar-refractivity contribution in [2.75, 3.05) is 6.61 Å². The predicted octanol–water partition coefficient (Wildman–Crippen LogP) is 0.110. The van der Waals surface area contributed by atoms with Crippen LogP contribution in [-0.4, -0.2) is 79.7 Å². The number of nitrogens with one attached hydrogen (secondary N) is 1. The zero-order chi connectivity index (χ0) is 24.2. The van der Waals surface area contributed by atoms with Crippen molar-refractivity contribution < 1.29 is 33.8 Å². The van der Waals surface area contributed by atoms with Gasteiger partial charge in [0.1, 0.15) is 29.8 Å². The van der Waals surface area contributed by atoms with Gasteiger partial charge in [-0.2, -0.15) is 0 Å². The minimum atomic E-state index is -1.02. The first kappa shape index (κ1) is 22.7. The average Bonchev–Trinajstić information content (AvgIpc) is 3.24. The third kappa shape index (κ3) is 3.54. The normalized spacial score (nSPS) is 31.9. The maximum Gasteiger partial charge on any atom is 0.330 e. The highest BCUT2D eigenvalue weighted by molar-refractivity contribution is 8.01. The lowest BCUT2D eigenvalue weighted by atomic mass is 9.95. The van der Waals surface area contributed by atoms with Crippen LogP contribution < -0.4 is 5.32 Å². The fraction of sp³-hybridized carbons (Fsp3) is 0.478. The number of carbonyl (C=O) groups excluding carboxylic acids is 4. The molecule has 2 N–H and O–H groups in total. The lowest BCUT2D eigenvalue weighted by Gasteiger charge is -2.44. The number of ether oxygens (including phenoxy) is 2. The van der Waals surface area contributed by atoms with Crippen molar-refractivity contribution in [1.82, 2.24) is 15.1 Å². The Morgan fingerprint density at radius 3 is 2.68 bits per heavy atom. The number of hydrogen-bond donors (Lipinski definition) is 2. The van der Waals surface area contributed by atoms with Crippen LogP contribution in [0.4, 0.5) is 0 Å². The van der Waals surface area contributed by atoms with Crippen molar-refractivity contribution in [3.05, 3.63) is 47.7 Å². The number of hydrogen-bond acceptors (Lipinski definition) is 8. The van der Waals surface area contributed by atoms with Crippen LogP contribution in [-0.2, 0) is 35.3 Å². The van der Waals surface area contributed by atoms with Crippen LogP contribution in [0.3, 0.4) is 0 Å². The van der Waals surface area contributed by atoms with Crippen LogP contribution >= 0.6 is 11.8 Å². The van der Waals surface area contributed by atoms with Gasteiger partial charge in [-0.1, -0.05) is 30.3 Å². The van der Waals surface area contributed by atoms with Gasteiger partial charge in [0.25, 0.3) is 5.91 Å². The molecule has 0 spiro atoms. The van der Waals surface area contributed by atoms with Crippen LogP contribution in [0.5, 0.6) is 0 Å². The summed E-state index contributed by atoms with van der Waals surface area (Å²) in [5.74, 6) is -1.46. The number of aliphatic hydroxyl groups excluding tert-OH is 1. The molecule has 4 aliphatic rings. The molecule has 5 rings (SSSR count). The molecule has 1 aromatic rings. The molecule has 180 valence electrons. The molecule has 3 amide bonds. The number of aliphatic hydroxyl groups is 1. The number of carbonyl (C=O) groups is 4. The van der Waals surface area contributed by atoms with Crippen molar-refractivity contribution in [3.8, 4) is 0 Å². The fourth-order valence-corrected chi connectivity index (χ4v) is 6.46. The van der Waals surface area contributed by atoms with E-state index >= 15 is 0 Å². The summed E-state index contributed by atoms with van der Waals surface area (Å²) < 4.78 is 10.5. The van der Waals surface area contributed by atoms with Crippen molar-refractivity contribution in [2.24, 2.45) is 0 Å². The molecular formula is C23H25N3O7S. The third-order valence-electron chi connectivity index (χ3n) is 6.49. The second kappa shape index (κ2) is 8.31. The standard InChI is InChI=1S/C23H25N3O7S/c1-23(2)18(22(31)32-11-12-6-4-3-5-7-12)26-20(30)16(21(26)34-23)24-19(29)17-13(8-9-27)33-15-10-14(28)25(15)17/h3-8,15-18,21,27H,9-11H2,1-2H3,(H,24,29)/b13-8-. The van der Waals surface area contributed by atoms with E-state index in [2.05, 4.69) is 5.32 Å². The van der Waals surface area contributed by atoms with E-state index in [0.717, 1.165) is 5.56 Å². The van der Waals surface area contributed by atoms with Gasteiger partial charge in [-0.25, -0.2) is 4.79 Å². The van der Waals surface area contributed by atoms with Crippen LogP contribution in [0.1, 0.15) is 25.8 Å². The summed E-state index contributed by atoms with van der Waals surface area (Å²) in [6, 6.07) is 6.64. The summed E-state index contributed by atoms with van der Waals surface area (Å²) in [5.41, 5.74) is 0.847. The smallest absolute Gasteiger partial charge is 0.330 e. The summed E-state index contributed by atoms with van der Waals surface area (Å²) in [7, 11) is 0. The molecule has 4 saturated heterocycles. The molecule has 0 radical (unpaired) electrons. The Hall–Kier alpha value is -3.05. The molecule has 4 fully saturated rings. The van der Waals surface area contributed by atoms with E-state index in [9.17, 15) is 24.3 Å². The van der Waals surface area contributed by atoms with Crippen molar-refractivity contribution in [2.45, 2.75) is 61.3 Å². The lowest BCUT2D eigenvalue weighted by molar-refractivity contribution is -0.166. The van der Waals surface area contributed by atoms with Crippen molar-refractivity contribution in [3.63, 3.8) is 0 Å². The summed E-state index contributed by atoms with van der Waals surface area (Å²) in [6.45, 7) is 3.50. The van der Waals surface area contributed by atoms with Gasteiger partial charge in [0.15, 0.2) is 12.3 Å². The predicted molar refractivity (Wildman–Crippen MR) is 120 cm³/mol. The van der Waals surface area contributed by atoms with Gasteiger partial charge in [-0.15, -0.1) is 11.8 Å². The first-order valence-corrected chi connectivity index (χ1v) is 11.9. The zero-order valence-corrected chi connectivity index (χ0v) is 19.5. The molecule has 4 aliphatic heterocycles. The number of β-lactam (4-membered cyclic amide) rings is 2. The molecule has 5 atom stereocenters. The minimum Gasteiger partial charge on any atom is -0.472 e. The van der Waals surface area contributed by atoms with Crippen LogP contribution in [0, 0.1) is 0 Å². The van der Waals surface area contributed by atoms with Gasteiger partial charge in [-0.3, -0.25) is 19.3 Å². The first-order valence-electron chi connectivity index (χ1n) is 11.0. The van der Waals surface area contributed by atoms with Gasteiger partial charge in [0.05, 0.1) is 13.0 Å². The largest absolute Gasteiger partial charge is 0.472 e. The van der Waals surface area contributed by atoms with Crippen molar-refractivity contribution >= 4 is 35.5 Å². The van der Waals surface area contributed by atoms with Gasteiger partial charge < -0.3 is 24.8 Å². The average molecular weight is 488 g/mol. The molecule has 1 aromatic carbocycles. The van der Waals surface area contributed by atoms with Crippen molar-refractivity contribution in [1.29, 1.82) is 0 Å². The molecule has 34 heavy (non-hydrogen) atoms. The summed E-state index contributed by atoms with van der Waals surface area (Å²) >= 11 is 1.42. The second-order valence-corrected chi connectivity index (χ2v) is 10.9. The molecule has 0 bridgehead atoms. The molecule has 5 unspecified atom stereocenters. The second-order valence-electron chi connectivity index (χ2n) is 9.11. The van der Waals surface area contributed by atoms with Gasteiger partial charge in [-0.05, 0) is 25.5 Å². The Morgan fingerprint density at radius 2 is 2.00 bits per heavy atom. The van der Waals surface area contributed by atoms with Gasteiger partial charge in [0, 0.05) is 4.75 Å². The van der Waals surface area contributed by atoms with E-state index in [1.807, 2.05) is 44.2 Å². The molecule has 0 aliphatic carbocycles. The molecule has 10 nitrogen and oxygen atoms in total. The summed E-state index contributed by atoms with van der Waals surface area (Å²) in [5, 5.41) is 11.5. The number of nitrogens with zero attached hydrogens (tertiary/aromatic N) is 2. The van der Waals surface area contributed by atoms with E-state index in [-0.39, 0.29) is 37.2 Å². The van der Waals surface area contributed by atoms with E-state index in [1.54, 1.807) is 0 Å². The van der Waals surface area contributed by atoms with Crippen LogP contribution in [0.25, 0.3) is 0 Å². The Bertz CT molecular complexity index is 1080. The van der Waals surface area contributed by atoms with E-state index in [4.69, 9.17) is 9.47 Å². The third-order valence-corrected chi connectivity index (χ3v) is 8.07. The molecule has 0 aromatic heterocycles. The van der Waals surface area contributed by atoms with E-state index < -0.39 is 46.4 Å². The molecule has 11 heteroatoms. The quantitative estimate of drug-likeness (QED) is 0.428. The Kier molecular flexibility index (Phi) is 5.56. The Balaban J connectivity index is 1.26. The SMILES string of the molecule is CC1(C)SC2C(NC(=O)C3/C(=C/CO)OC4CC(=O)N43)C(=O)N2C1C(=O)OCc1ccccc1. The molecular weight excluding hydrogens is 462 g/mol. The summed E-state index contributed by atoms with van der Waals surface area (Å²) in [6.07, 6.45) is 0.984. The van der Waals surface area contributed by atoms with Gasteiger partial charge in [0.2, 0.25) is 11.8 Å². The fourth-order valence-electron chi connectivity index (χ4n) is 4.84. The number of benzene rings is 1. The maximum atomic E-state index is 13.1. The molecule has 0 saturated carbocycles. The first-order chi connectivity index (χ1) is 16.2. The number of fused-ring (bicyclic) bond motifs is 2. The number of esters is 1. The maximum absolute atomic E-state index is 13.1. The Morgan fingerprint density at radius 1 is 1.26 bits per heavy atom. The lowest BCUT2D eigenvalue weighted by Crippen LogP contribution is -2.72. The Labute approximate surface area is 200 Å². The van der Waals surface area contributed by atoms with Gasteiger partial charge >= 0.3 is 5.97 Å². The molecule has 4 heterocycles. The van der Waals surface area contributed by atoms with Crippen LogP contribution in [0.2, 0.25) is 0 Å². The summed E-state index contributed by atoms with van der Waals surface area (Å²) in [4.78, 5) is 53.8. The minimum absolute atomic E-state index is 0.108. The topological polar surface area (TPSA) is 125 Å².